The van der Waals surface area contributed by atoms with Crippen molar-refractivity contribution >= 4 is 11.6 Å². The predicted molar refractivity (Wildman–Crippen MR) is 54.6 cm³/mol. The van der Waals surface area contributed by atoms with Crippen molar-refractivity contribution in [2.75, 3.05) is 6.54 Å². The van der Waals surface area contributed by atoms with E-state index in [-0.39, 0.29) is 30.1 Å². The molecule has 0 spiro atoms. The number of benzene rings is 1. The molecule has 1 heterocycles. The molecule has 1 saturated heterocycles. The average molecular weight is 222 g/mol. The van der Waals surface area contributed by atoms with E-state index in [1.807, 2.05) is 0 Å². The van der Waals surface area contributed by atoms with Gasteiger partial charge in [0.25, 0.3) is 5.69 Å². The zero-order valence-corrected chi connectivity index (χ0v) is 8.34. The Morgan fingerprint density at radius 2 is 2.12 bits per heavy atom. The second-order valence-electron chi connectivity index (χ2n) is 3.76. The third-order valence-electron chi connectivity index (χ3n) is 2.63. The van der Waals surface area contributed by atoms with Crippen molar-refractivity contribution in [2.24, 2.45) is 0 Å². The monoisotopic (exact) mass is 222 g/mol. The number of nitro groups is 1. The zero-order chi connectivity index (χ0) is 11.8. The van der Waals surface area contributed by atoms with Crippen molar-refractivity contribution in [3.8, 4) is 0 Å². The molecule has 1 fully saturated rings. The molecule has 6 nitrogen and oxygen atoms in total. The minimum Gasteiger partial charge on any atom is -0.382 e. The molecule has 1 aliphatic rings. The number of aliphatic hydroxyl groups is 1. The van der Waals surface area contributed by atoms with E-state index in [0.717, 1.165) is 0 Å². The molecule has 0 saturated carbocycles. The van der Waals surface area contributed by atoms with Crippen LogP contribution >= 0.6 is 0 Å². The van der Waals surface area contributed by atoms with Crippen LogP contribution in [0.5, 0.6) is 0 Å². The number of carbonyl (C=O) groups is 1. The maximum Gasteiger partial charge on any atom is 0.275 e. The van der Waals surface area contributed by atoms with Crippen LogP contribution < -0.4 is 5.32 Å². The van der Waals surface area contributed by atoms with Gasteiger partial charge in [0.1, 0.15) is 5.60 Å². The van der Waals surface area contributed by atoms with Gasteiger partial charge in [0.05, 0.1) is 23.5 Å². The van der Waals surface area contributed by atoms with Gasteiger partial charge in [0.15, 0.2) is 0 Å². The summed E-state index contributed by atoms with van der Waals surface area (Å²) in [4.78, 5) is 21.3. The smallest absolute Gasteiger partial charge is 0.275 e. The van der Waals surface area contributed by atoms with Gasteiger partial charge in [-0.3, -0.25) is 14.9 Å². The first-order valence-corrected chi connectivity index (χ1v) is 4.76. The molecular weight excluding hydrogens is 212 g/mol. The number of hydrogen-bond acceptors (Lipinski definition) is 4. The normalized spacial score (nSPS) is 24.2. The molecule has 0 radical (unpaired) electrons. The topological polar surface area (TPSA) is 92.5 Å². The average Bonchev–Trinajstić information content (AvgIpc) is 2.60. The lowest BCUT2D eigenvalue weighted by atomic mass is 9.91. The van der Waals surface area contributed by atoms with Crippen molar-refractivity contribution in [1.29, 1.82) is 0 Å². The number of hydrogen-bond donors (Lipinski definition) is 2. The van der Waals surface area contributed by atoms with Crippen LogP contribution in [0.4, 0.5) is 5.69 Å². The third kappa shape index (κ3) is 1.63. The lowest BCUT2D eigenvalue weighted by molar-refractivity contribution is -0.386. The zero-order valence-electron chi connectivity index (χ0n) is 8.34. The lowest BCUT2D eigenvalue weighted by Crippen LogP contribution is -2.29. The number of β-amino-alcohol motifs (C(OH)–C–C–N with tert-alkyl or cyclic N) is 1. The molecule has 16 heavy (non-hydrogen) atoms. The summed E-state index contributed by atoms with van der Waals surface area (Å²) < 4.78 is 0. The third-order valence-corrected chi connectivity index (χ3v) is 2.63. The molecule has 1 atom stereocenters. The Kier molecular flexibility index (Phi) is 2.35. The van der Waals surface area contributed by atoms with Crippen LogP contribution in [0.25, 0.3) is 0 Å². The quantitative estimate of drug-likeness (QED) is 0.556. The number of para-hydroxylation sites is 1. The number of amides is 1. The van der Waals surface area contributed by atoms with Crippen LogP contribution in [-0.4, -0.2) is 22.5 Å². The molecule has 6 heteroatoms. The molecular formula is C10H10N2O4. The van der Waals surface area contributed by atoms with Crippen molar-refractivity contribution in [1.82, 2.24) is 5.32 Å². The highest BCUT2D eigenvalue weighted by Crippen LogP contribution is 2.34. The fraction of sp³-hybridized carbons (Fsp3) is 0.300. The van der Waals surface area contributed by atoms with E-state index < -0.39 is 10.5 Å². The van der Waals surface area contributed by atoms with Crippen molar-refractivity contribution in [3.05, 3.63) is 39.9 Å². The molecule has 1 amide bonds. The fourth-order valence-corrected chi connectivity index (χ4v) is 1.85. The Morgan fingerprint density at radius 1 is 1.44 bits per heavy atom. The van der Waals surface area contributed by atoms with Gasteiger partial charge in [0, 0.05) is 6.07 Å². The van der Waals surface area contributed by atoms with Gasteiger partial charge in [-0.25, -0.2) is 0 Å². The van der Waals surface area contributed by atoms with E-state index in [9.17, 15) is 20.0 Å². The van der Waals surface area contributed by atoms with Gasteiger partial charge in [0.2, 0.25) is 5.91 Å². The summed E-state index contributed by atoms with van der Waals surface area (Å²) >= 11 is 0. The molecule has 1 aromatic carbocycles. The Labute approximate surface area is 91.0 Å². The standard InChI is InChI=1S/C10H10N2O4/c13-9-5-10(14,6-11-9)7-3-1-2-4-8(7)12(15)16/h1-4,14H,5-6H2,(H,11,13)/t10-/m1/s1. The van der Waals surface area contributed by atoms with Gasteiger partial charge < -0.3 is 10.4 Å². The van der Waals surface area contributed by atoms with Gasteiger partial charge in [-0.15, -0.1) is 0 Å². The number of nitrogens with one attached hydrogen (secondary N) is 1. The predicted octanol–water partition coefficient (Wildman–Crippen LogP) is 0.302. The van der Waals surface area contributed by atoms with Crippen LogP contribution in [0.15, 0.2) is 24.3 Å². The van der Waals surface area contributed by atoms with E-state index in [2.05, 4.69) is 5.32 Å². The molecule has 1 aromatic rings. The van der Waals surface area contributed by atoms with E-state index in [0.29, 0.717) is 0 Å². The Morgan fingerprint density at radius 3 is 2.69 bits per heavy atom. The van der Waals surface area contributed by atoms with Gasteiger partial charge in [-0.05, 0) is 6.07 Å². The first-order chi connectivity index (χ1) is 7.53. The van der Waals surface area contributed by atoms with Crippen LogP contribution in [0, 0.1) is 10.1 Å². The Bertz CT molecular complexity index is 460. The molecule has 2 rings (SSSR count). The van der Waals surface area contributed by atoms with Crippen molar-refractivity contribution < 1.29 is 14.8 Å². The van der Waals surface area contributed by atoms with Gasteiger partial charge in [-0.2, -0.15) is 0 Å². The molecule has 0 aliphatic carbocycles. The van der Waals surface area contributed by atoms with Gasteiger partial charge in [-0.1, -0.05) is 12.1 Å². The van der Waals surface area contributed by atoms with Gasteiger partial charge >= 0.3 is 0 Å². The first-order valence-electron chi connectivity index (χ1n) is 4.76. The highest BCUT2D eigenvalue weighted by atomic mass is 16.6. The molecule has 0 unspecified atom stereocenters. The van der Waals surface area contributed by atoms with Crippen LogP contribution in [0.3, 0.4) is 0 Å². The largest absolute Gasteiger partial charge is 0.382 e. The van der Waals surface area contributed by atoms with E-state index in [1.54, 1.807) is 6.07 Å². The van der Waals surface area contributed by atoms with E-state index in [1.165, 1.54) is 18.2 Å². The molecule has 84 valence electrons. The maximum absolute atomic E-state index is 11.1. The van der Waals surface area contributed by atoms with E-state index >= 15 is 0 Å². The van der Waals surface area contributed by atoms with Crippen LogP contribution in [0.2, 0.25) is 0 Å². The van der Waals surface area contributed by atoms with Crippen LogP contribution in [0.1, 0.15) is 12.0 Å². The van der Waals surface area contributed by atoms with Crippen molar-refractivity contribution in [2.45, 2.75) is 12.0 Å². The molecule has 0 bridgehead atoms. The Hall–Kier alpha value is -1.95. The number of nitro benzene ring substituents is 1. The summed E-state index contributed by atoms with van der Waals surface area (Å²) in [5.41, 5.74) is -1.46. The summed E-state index contributed by atoms with van der Waals surface area (Å²) in [7, 11) is 0. The van der Waals surface area contributed by atoms with E-state index in [4.69, 9.17) is 0 Å². The molecule has 2 N–H and O–H groups in total. The minimum atomic E-state index is -1.47. The fourth-order valence-electron chi connectivity index (χ4n) is 1.85. The molecule has 0 aromatic heterocycles. The molecule has 1 aliphatic heterocycles. The summed E-state index contributed by atoms with van der Waals surface area (Å²) in [5.74, 6) is -0.305. The summed E-state index contributed by atoms with van der Waals surface area (Å²) in [6.45, 7) is 0.0106. The summed E-state index contributed by atoms with van der Waals surface area (Å²) in [5, 5.41) is 23.4. The highest BCUT2D eigenvalue weighted by Gasteiger charge is 2.41. The number of carbonyl (C=O) groups excluding carboxylic acids is 1. The first kappa shape index (κ1) is 10.6. The lowest BCUT2D eigenvalue weighted by Gasteiger charge is -2.19. The van der Waals surface area contributed by atoms with Crippen molar-refractivity contribution in [3.63, 3.8) is 0 Å². The SMILES string of the molecule is O=C1C[C@](O)(c2ccccc2[N+](=O)[O-])CN1. The van der Waals surface area contributed by atoms with Crippen LogP contribution in [-0.2, 0) is 10.4 Å². The second-order valence-corrected chi connectivity index (χ2v) is 3.76. The maximum atomic E-state index is 11.1. The highest BCUT2D eigenvalue weighted by molar-refractivity contribution is 5.80. The minimum absolute atomic E-state index is 0.0106. The number of nitrogens with zero attached hydrogens (tertiary/aromatic N) is 1. The Balaban J connectivity index is 2.47. The summed E-state index contributed by atoms with van der Waals surface area (Å²) in [6, 6.07) is 5.91. The number of rotatable bonds is 2. The summed E-state index contributed by atoms with van der Waals surface area (Å²) in [6.07, 6.45) is -0.141. The second kappa shape index (κ2) is 3.57.